The highest BCUT2D eigenvalue weighted by Crippen LogP contribution is 2.24. The van der Waals surface area contributed by atoms with Crippen LogP contribution >= 0.6 is 0 Å². The molecule has 2 aliphatic rings. The molecule has 0 spiro atoms. The van der Waals surface area contributed by atoms with Gasteiger partial charge in [-0.15, -0.1) is 0 Å². The summed E-state index contributed by atoms with van der Waals surface area (Å²) < 4.78 is 0. The van der Waals surface area contributed by atoms with Crippen molar-refractivity contribution in [3.8, 4) is 0 Å². The summed E-state index contributed by atoms with van der Waals surface area (Å²) in [6.07, 6.45) is 9.53. The molecule has 0 heteroatoms. The Bertz CT molecular complexity index is 641. The lowest BCUT2D eigenvalue weighted by Crippen LogP contribution is -1.84. The Morgan fingerprint density at radius 2 is 1.52 bits per heavy atom. The molecule has 21 heavy (non-hydrogen) atoms. The molecule has 0 atom stereocenters. The van der Waals surface area contributed by atoms with E-state index in [2.05, 4.69) is 62.4 Å². The highest BCUT2D eigenvalue weighted by atomic mass is 14.2. The predicted molar refractivity (Wildman–Crippen MR) is 93.9 cm³/mol. The molecular weight excluding hydrogens is 252 g/mol. The Balaban J connectivity index is 0.000000147. The maximum atomic E-state index is 2.26. The molecule has 0 aromatic heterocycles. The standard InChI is InChI=1S/C10H12.C10H10.CH4/c2*1-8-4-2-5-9-6-3-7-10(8)9;/h2,4-5H,3,6-7H2,1H3;2-5,7H,6H2,1H3;1H4. The molecule has 0 bridgehead atoms. The van der Waals surface area contributed by atoms with Crippen molar-refractivity contribution < 1.29 is 0 Å². The molecular formula is C21H26. The van der Waals surface area contributed by atoms with Crippen molar-refractivity contribution in [1.82, 2.24) is 0 Å². The van der Waals surface area contributed by atoms with Gasteiger partial charge in [0.2, 0.25) is 0 Å². The summed E-state index contributed by atoms with van der Waals surface area (Å²) in [7, 11) is 0. The quantitative estimate of drug-likeness (QED) is 0.581. The molecule has 0 aliphatic heterocycles. The second-order valence-corrected chi connectivity index (χ2v) is 5.82. The van der Waals surface area contributed by atoms with Crippen molar-refractivity contribution in [2.24, 2.45) is 0 Å². The van der Waals surface area contributed by atoms with Gasteiger partial charge in [-0.05, 0) is 72.9 Å². The van der Waals surface area contributed by atoms with Crippen LogP contribution in [0.4, 0.5) is 0 Å². The maximum Gasteiger partial charge on any atom is -0.00881 e. The van der Waals surface area contributed by atoms with Crippen LogP contribution in [0.3, 0.4) is 0 Å². The van der Waals surface area contributed by atoms with Crippen LogP contribution in [0.1, 0.15) is 47.2 Å². The molecule has 2 aromatic carbocycles. The first-order valence-electron chi connectivity index (χ1n) is 7.58. The molecule has 0 unspecified atom stereocenters. The van der Waals surface area contributed by atoms with E-state index in [1.807, 2.05) is 0 Å². The Morgan fingerprint density at radius 1 is 0.810 bits per heavy atom. The summed E-state index contributed by atoms with van der Waals surface area (Å²) in [5.41, 5.74) is 8.98. The van der Waals surface area contributed by atoms with Crippen LogP contribution in [0, 0.1) is 13.8 Å². The Morgan fingerprint density at radius 3 is 2.24 bits per heavy atom. The van der Waals surface area contributed by atoms with Crippen LogP contribution in [0.5, 0.6) is 0 Å². The van der Waals surface area contributed by atoms with Crippen molar-refractivity contribution in [2.45, 2.75) is 47.0 Å². The van der Waals surface area contributed by atoms with Crippen molar-refractivity contribution in [1.29, 1.82) is 0 Å². The molecule has 0 radical (unpaired) electrons. The van der Waals surface area contributed by atoms with Gasteiger partial charge >= 0.3 is 0 Å². The summed E-state index contributed by atoms with van der Waals surface area (Å²) in [6, 6.07) is 13.1. The highest BCUT2D eigenvalue weighted by molar-refractivity contribution is 5.62. The third kappa shape index (κ3) is 3.26. The smallest absolute Gasteiger partial charge is 0.00881 e. The first-order valence-corrected chi connectivity index (χ1v) is 7.58. The number of benzene rings is 2. The van der Waals surface area contributed by atoms with E-state index in [1.54, 1.807) is 11.1 Å². The number of aryl methyl sites for hydroxylation is 3. The Hall–Kier alpha value is -1.82. The van der Waals surface area contributed by atoms with Gasteiger partial charge in [-0.25, -0.2) is 0 Å². The molecule has 0 heterocycles. The van der Waals surface area contributed by atoms with Gasteiger partial charge in [-0.2, -0.15) is 0 Å². The summed E-state index contributed by atoms with van der Waals surface area (Å²) >= 11 is 0. The molecule has 110 valence electrons. The second-order valence-electron chi connectivity index (χ2n) is 5.82. The molecule has 0 nitrogen and oxygen atoms in total. The number of hydrogen-bond acceptors (Lipinski definition) is 0. The normalized spacial score (nSPS) is 13.8. The lowest BCUT2D eigenvalue weighted by Gasteiger charge is -2.00. The largest absolute Gasteiger partial charge is 0.0795 e. The van der Waals surface area contributed by atoms with Gasteiger partial charge in [-0.3, -0.25) is 0 Å². The lowest BCUT2D eigenvalue weighted by atomic mass is 10.1. The van der Waals surface area contributed by atoms with Crippen molar-refractivity contribution in [2.75, 3.05) is 0 Å². The minimum Gasteiger partial charge on any atom is -0.0795 e. The minimum absolute atomic E-state index is 0. The van der Waals surface area contributed by atoms with E-state index in [4.69, 9.17) is 0 Å². The van der Waals surface area contributed by atoms with Crippen LogP contribution in [-0.2, 0) is 19.3 Å². The number of allylic oxidation sites excluding steroid dienone is 1. The third-order valence-corrected chi connectivity index (χ3v) is 4.42. The predicted octanol–water partition coefficient (Wildman–Crippen LogP) is 5.68. The zero-order valence-corrected chi connectivity index (χ0v) is 12.4. The maximum absolute atomic E-state index is 2.26. The van der Waals surface area contributed by atoms with Gasteiger partial charge in [0.15, 0.2) is 0 Å². The molecule has 2 aromatic rings. The summed E-state index contributed by atoms with van der Waals surface area (Å²) in [5.74, 6) is 0. The van der Waals surface area contributed by atoms with Gasteiger partial charge in [0.1, 0.15) is 0 Å². The van der Waals surface area contributed by atoms with Crippen LogP contribution in [-0.4, -0.2) is 0 Å². The molecule has 2 aliphatic carbocycles. The van der Waals surface area contributed by atoms with Crippen LogP contribution in [0.15, 0.2) is 42.5 Å². The van der Waals surface area contributed by atoms with Gasteiger partial charge < -0.3 is 0 Å². The minimum atomic E-state index is 0. The van der Waals surface area contributed by atoms with Gasteiger partial charge in [0, 0.05) is 0 Å². The third-order valence-electron chi connectivity index (χ3n) is 4.42. The number of hydrogen-bond donors (Lipinski definition) is 0. The van der Waals surface area contributed by atoms with Crippen LogP contribution in [0.2, 0.25) is 0 Å². The molecule has 0 amide bonds. The number of fused-ring (bicyclic) bond motifs is 2. The highest BCUT2D eigenvalue weighted by Gasteiger charge is 2.10. The zero-order chi connectivity index (χ0) is 13.9. The van der Waals surface area contributed by atoms with Gasteiger partial charge in [-0.1, -0.05) is 56.0 Å². The van der Waals surface area contributed by atoms with Crippen molar-refractivity contribution in [3.63, 3.8) is 0 Å². The van der Waals surface area contributed by atoms with E-state index in [1.165, 1.54) is 41.5 Å². The fourth-order valence-corrected chi connectivity index (χ4v) is 3.27. The monoisotopic (exact) mass is 278 g/mol. The zero-order valence-electron chi connectivity index (χ0n) is 12.4. The average molecular weight is 278 g/mol. The summed E-state index contributed by atoms with van der Waals surface area (Å²) in [6.45, 7) is 4.37. The average Bonchev–Trinajstić information content (AvgIpc) is 3.08. The first kappa shape index (κ1) is 15.6. The Labute approximate surface area is 129 Å². The molecule has 0 N–H and O–H groups in total. The SMILES string of the molecule is C.Cc1cccc2c1C=CC2.Cc1cccc2c1CCC2. The van der Waals surface area contributed by atoms with Crippen molar-refractivity contribution in [3.05, 3.63) is 75.9 Å². The molecule has 4 rings (SSSR count). The summed E-state index contributed by atoms with van der Waals surface area (Å²) in [5, 5.41) is 0. The fourth-order valence-electron chi connectivity index (χ4n) is 3.27. The summed E-state index contributed by atoms with van der Waals surface area (Å²) in [4.78, 5) is 0. The van der Waals surface area contributed by atoms with E-state index in [0.29, 0.717) is 0 Å². The van der Waals surface area contributed by atoms with Crippen molar-refractivity contribution >= 4 is 6.08 Å². The van der Waals surface area contributed by atoms with E-state index in [9.17, 15) is 0 Å². The van der Waals surface area contributed by atoms with E-state index in [0.717, 1.165) is 6.42 Å². The molecule has 0 saturated carbocycles. The second kappa shape index (κ2) is 6.76. The molecule has 0 saturated heterocycles. The van der Waals surface area contributed by atoms with Crippen LogP contribution in [0.25, 0.3) is 6.08 Å². The lowest BCUT2D eigenvalue weighted by molar-refractivity contribution is 0.909. The first-order chi connectivity index (χ1) is 9.75. The van der Waals surface area contributed by atoms with E-state index >= 15 is 0 Å². The van der Waals surface area contributed by atoms with Crippen LogP contribution < -0.4 is 0 Å². The van der Waals surface area contributed by atoms with Gasteiger partial charge in [0.25, 0.3) is 0 Å². The van der Waals surface area contributed by atoms with E-state index < -0.39 is 0 Å². The van der Waals surface area contributed by atoms with E-state index in [-0.39, 0.29) is 7.43 Å². The fraction of sp³-hybridized carbons (Fsp3) is 0.333. The Kier molecular flexibility index (Phi) is 5.01. The topological polar surface area (TPSA) is 0 Å². The van der Waals surface area contributed by atoms with Gasteiger partial charge in [0.05, 0.1) is 0 Å². The molecule has 0 fully saturated rings. The number of rotatable bonds is 0.